The van der Waals surface area contributed by atoms with Crippen LogP contribution >= 0.6 is 0 Å². The zero-order valence-corrected chi connectivity index (χ0v) is 26.1. The van der Waals surface area contributed by atoms with Gasteiger partial charge < -0.3 is 14.5 Å². The predicted octanol–water partition coefficient (Wildman–Crippen LogP) is 10.6. The van der Waals surface area contributed by atoms with E-state index >= 15 is 0 Å². The number of hydrogen-bond acceptors (Lipinski definition) is 5. The lowest BCUT2D eigenvalue weighted by Crippen LogP contribution is -2.30. The van der Waals surface area contributed by atoms with E-state index in [1.807, 2.05) is 47.3 Å². The third-order valence-electron chi connectivity index (χ3n) is 9.34. The molecule has 0 saturated carbocycles. The smallest absolute Gasteiger partial charge is 0.151 e. The zero-order chi connectivity index (χ0) is 31.5. The summed E-state index contributed by atoms with van der Waals surface area (Å²) in [6.45, 7) is 4.61. The molecule has 0 saturated heterocycles. The van der Waals surface area contributed by atoms with Crippen molar-refractivity contribution in [2.45, 2.75) is 19.3 Å². The van der Waals surface area contributed by atoms with E-state index in [0.717, 1.165) is 51.2 Å². The normalized spacial score (nSPS) is 14.0. The number of benzene rings is 6. The fourth-order valence-corrected chi connectivity index (χ4v) is 7.01. The molecule has 3 heterocycles. The van der Waals surface area contributed by atoms with Crippen molar-refractivity contribution < 1.29 is 4.74 Å². The largest absolute Gasteiger partial charge is 0.453 e. The fourth-order valence-electron chi connectivity index (χ4n) is 7.01. The van der Waals surface area contributed by atoms with Crippen molar-refractivity contribution in [2.24, 2.45) is 0 Å². The third kappa shape index (κ3) is 4.33. The van der Waals surface area contributed by atoms with E-state index in [1.54, 1.807) is 0 Å². The highest BCUT2D eigenvalue weighted by molar-refractivity contribution is 5.87. The number of rotatable bonds is 4. The minimum absolute atomic E-state index is 0.105. The molecule has 6 heteroatoms. The fraction of sp³-hybridized carbons (Fsp3) is 0.0732. The van der Waals surface area contributed by atoms with Crippen LogP contribution in [0, 0.1) is 0 Å². The number of fused-ring (bicyclic) bond motifs is 4. The van der Waals surface area contributed by atoms with Gasteiger partial charge in [0.05, 0.1) is 34.6 Å². The Morgan fingerprint density at radius 1 is 0.511 bits per heavy atom. The Kier molecular flexibility index (Phi) is 6.05. The first kappa shape index (κ1) is 27.2. The summed E-state index contributed by atoms with van der Waals surface area (Å²) in [5, 5.41) is 9.13. The van der Waals surface area contributed by atoms with Crippen LogP contribution in [0.1, 0.15) is 25.0 Å². The first-order valence-corrected chi connectivity index (χ1v) is 15.8. The molecule has 2 aliphatic heterocycles. The van der Waals surface area contributed by atoms with Crippen molar-refractivity contribution >= 4 is 34.1 Å². The summed E-state index contributed by atoms with van der Waals surface area (Å²) in [6.07, 6.45) is 1.99. The molecule has 2 aliphatic rings. The van der Waals surface area contributed by atoms with E-state index in [9.17, 15) is 0 Å². The van der Waals surface area contributed by atoms with Crippen molar-refractivity contribution in [3.8, 4) is 28.4 Å². The Balaban J connectivity index is 1.05. The van der Waals surface area contributed by atoms with Gasteiger partial charge in [-0.3, -0.25) is 0 Å². The second-order valence-corrected chi connectivity index (χ2v) is 12.5. The maximum atomic E-state index is 6.19. The minimum Gasteiger partial charge on any atom is -0.453 e. The van der Waals surface area contributed by atoms with Crippen molar-refractivity contribution in [3.05, 3.63) is 163 Å². The number of anilines is 6. The number of hydrogen-bond donors (Lipinski definition) is 0. The molecular weight excluding hydrogens is 578 g/mol. The summed E-state index contributed by atoms with van der Waals surface area (Å²) in [5.74, 6) is 1.67. The van der Waals surface area contributed by atoms with Gasteiger partial charge in [0.2, 0.25) is 0 Å². The molecule has 0 amide bonds. The molecular formula is C41H31N5O. The average Bonchev–Trinajstić information content (AvgIpc) is 3.62. The van der Waals surface area contributed by atoms with Crippen molar-refractivity contribution in [3.63, 3.8) is 0 Å². The molecule has 226 valence electrons. The minimum atomic E-state index is -0.105. The summed E-state index contributed by atoms with van der Waals surface area (Å²) in [5.41, 5.74) is 11.8. The Morgan fingerprint density at radius 3 is 1.68 bits per heavy atom. The Labute approximate surface area is 273 Å². The van der Waals surface area contributed by atoms with Gasteiger partial charge >= 0.3 is 0 Å². The van der Waals surface area contributed by atoms with E-state index in [4.69, 9.17) is 4.74 Å². The Bertz CT molecular complexity index is 2190. The molecule has 0 bridgehead atoms. The maximum Gasteiger partial charge on any atom is 0.151 e. The zero-order valence-electron chi connectivity index (χ0n) is 26.1. The highest BCUT2D eigenvalue weighted by Crippen LogP contribution is 2.52. The standard InChI is InChI=1S/C41H31N5O/c1-41(2)32-14-3-5-16-35(32)46(36-17-6-4-15-33(36)41)31-13-11-12-30(26-31)44-27-34(42-43-44)28-22-24-29(25-23-28)45-37-18-7-9-20-39(37)47-40-21-10-8-19-38(40)45/h3-27H,1-2H3. The van der Waals surface area contributed by atoms with Crippen LogP contribution in [-0.2, 0) is 5.41 Å². The summed E-state index contributed by atoms with van der Waals surface area (Å²) in [6, 6.07) is 50.6. The molecule has 0 unspecified atom stereocenters. The molecule has 9 rings (SSSR count). The van der Waals surface area contributed by atoms with Gasteiger partial charge in [-0.25, -0.2) is 4.68 Å². The van der Waals surface area contributed by atoms with Crippen LogP contribution in [0.15, 0.2) is 152 Å². The van der Waals surface area contributed by atoms with Crippen LogP contribution < -0.4 is 14.5 Å². The van der Waals surface area contributed by atoms with E-state index in [1.165, 1.54) is 22.5 Å². The highest BCUT2D eigenvalue weighted by Gasteiger charge is 2.36. The van der Waals surface area contributed by atoms with Crippen LogP contribution in [0.3, 0.4) is 0 Å². The van der Waals surface area contributed by atoms with Gasteiger partial charge in [0.15, 0.2) is 11.5 Å². The van der Waals surface area contributed by atoms with Crippen molar-refractivity contribution in [1.82, 2.24) is 15.0 Å². The maximum absolute atomic E-state index is 6.19. The molecule has 47 heavy (non-hydrogen) atoms. The monoisotopic (exact) mass is 609 g/mol. The number of aromatic nitrogens is 3. The third-order valence-corrected chi connectivity index (χ3v) is 9.34. The second-order valence-electron chi connectivity index (χ2n) is 12.5. The summed E-state index contributed by atoms with van der Waals surface area (Å²) >= 11 is 0. The van der Waals surface area contributed by atoms with Gasteiger partial charge in [-0.1, -0.05) is 97.9 Å². The summed E-state index contributed by atoms with van der Waals surface area (Å²) < 4.78 is 8.05. The van der Waals surface area contributed by atoms with Gasteiger partial charge in [-0.05, 0) is 77.9 Å². The predicted molar refractivity (Wildman–Crippen MR) is 188 cm³/mol. The number of ether oxygens (including phenoxy) is 1. The first-order chi connectivity index (χ1) is 23.1. The van der Waals surface area contributed by atoms with Gasteiger partial charge in [-0.2, -0.15) is 0 Å². The molecule has 0 radical (unpaired) electrons. The van der Waals surface area contributed by atoms with Gasteiger partial charge in [-0.15, -0.1) is 5.10 Å². The summed E-state index contributed by atoms with van der Waals surface area (Å²) in [7, 11) is 0. The van der Waals surface area contributed by atoms with Crippen LogP contribution in [0.4, 0.5) is 34.1 Å². The quantitative estimate of drug-likeness (QED) is 0.199. The molecule has 0 fully saturated rings. The second kappa shape index (κ2) is 10.5. The lowest BCUT2D eigenvalue weighted by molar-refractivity contribution is 0.477. The molecule has 0 aliphatic carbocycles. The van der Waals surface area contributed by atoms with E-state index in [2.05, 4.69) is 143 Å². The van der Waals surface area contributed by atoms with Gasteiger partial charge in [0.1, 0.15) is 5.69 Å². The van der Waals surface area contributed by atoms with Crippen LogP contribution in [0.25, 0.3) is 16.9 Å². The highest BCUT2D eigenvalue weighted by atomic mass is 16.5. The van der Waals surface area contributed by atoms with E-state index in [0.29, 0.717) is 0 Å². The molecule has 6 aromatic carbocycles. The molecule has 1 aromatic heterocycles. The van der Waals surface area contributed by atoms with E-state index < -0.39 is 0 Å². The topological polar surface area (TPSA) is 46.4 Å². The average molecular weight is 610 g/mol. The molecule has 0 N–H and O–H groups in total. The van der Waals surface area contributed by atoms with Crippen LogP contribution in [0.5, 0.6) is 11.5 Å². The SMILES string of the molecule is CC1(C)c2ccccc2N(c2cccc(-n3cc(-c4ccc(N5c6ccccc6Oc6ccccc65)cc4)nn3)c2)c2ccccc21. The van der Waals surface area contributed by atoms with E-state index in [-0.39, 0.29) is 5.41 Å². The lowest BCUT2D eigenvalue weighted by atomic mass is 9.73. The summed E-state index contributed by atoms with van der Waals surface area (Å²) in [4.78, 5) is 4.59. The number of para-hydroxylation sites is 6. The van der Waals surface area contributed by atoms with Crippen LogP contribution in [-0.4, -0.2) is 15.0 Å². The van der Waals surface area contributed by atoms with Crippen LogP contribution in [0.2, 0.25) is 0 Å². The first-order valence-electron chi connectivity index (χ1n) is 15.8. The van der Waals surface area contributed by atoms with Gasteiger partial charge in [0, 0.05) is 22.4 Å². The molecule has 0 spiro atoms. The molecule has 7 aromatic rings. The Hall–Kier alpha value is -6.14. The number of nitrogens with zero attached hydrogens (tertiary/aromatic N) is 5. The van der Waals surface area contributed by atoms with Crippen molar-refractivity contribution in [2.75, 3.05) is 9.80 Å². The molecule has 6 nitrogen and oxygen atoms in total. The Morgan fingerprint density at radius 2 is 1.04 bits per heavy atom. The van der Waals surface area contributed by atoms with Crippen molar-refractivity contribution in [1.29, 1.82) is 0 Å². The lowest BCUT2D eigenvalue weighted by Gasteiger charge is -2.42. The van der Waals surface area contributed by atoms with Gasteiger partial charge in [0.25, 0.3) is 0 Å². The molecule has 0 atom stereocenters.